The lowest BCUT2D eigenvalue weighted by Crippen LogP contribution is -2.47. The van der Waals surface area contributed by atoms with E-state index < -0.39 is 5.97 Å². The summed E-state index contributed by atoms with van der Waals surface area (Å²) in [5, 5.41) is 3.20. The lowest BCUT2D eigenvalue weighted by atomic mass is 9.97. The van der Waals surface area contributed by atoms with Crippen molar-refractivity contribution >= 4 is 34.1 Å². The molecule has 2 atom stereocenters. The summed E-state index contributed by atoms with van der Waals surface area (Å²) in [6.07, 6.45) is 3.32. The molecule has 0 radical (unpaired) electrons. The first-order valence-corrected chi connectivity index (χ1v) is 9.97. The summed E-state index contributed by atoms with van der Waals surface area (Å²) in [6, 6.07) is 0.686. The molecule has 0 aliphatic carbocycles. The molecule has 0 aromatic carbocycles. The molecule has 1 aliphatic rings. The largest absolute Gasteiger partial charge is 0.465 e. The van der Waals surface area contributed by atoms with Gasteiger partial charge in [-0.05, 0) is 39.2 Å². The third-order valence-electron chi connectivity index (χ3n) is 5.09. The first-order valence-electron chi connectivity index (χ1n) is 9.16. The van der Waals surface area contributed by atoms with Crippen molar-refractivity contribution in [2.75, 3.05) is 33.1 Å². The van der Waals surface area contributed by atoms with Gasteiger partial charge in [-0.25, -0.2) is 4.79 Å². The number of esters is 1. The molecule has 8 heteroatoms. The van der Waals surface area contributed by atoms with Gasteiger partial charge in [0.1, 0.15) is 5.00 Å². The molecule has 1 saturated heterocycles. The van der Waals surface area contributed by atoms with Crippen LogP contribution in [0.25, 0.3) is 0 Å². The van der Waals surface area contributed by atoms with Crippen LogP contribution in [0, 0.1) is 6.92 Å². The van der Waals surface area contributed by atoms with E-state index in [2.05, 4.69) is 24.1 Å². The smallest absolute Gasteiger partial charge is 0.341 e. The molecule has 0 saturated carbocycles. The second-order valence-corrected chi connectivity index (χ2v) is 8.32. The number of amides is 2. The van der Waals surface area contributed by atoms with E-state index in [0.29, 0.717) is 27.5 Å². The summed E-state index contributed by atoms with van der Waals surface area (Å²) in [7, 11) is 4.59. The van der Waals surface area contributed by atoms with Gasteiger partial charge in [0, 0.05) is 26.2 Å². The molecule has 0 bridgehead atoms. The minimum Gasteiger partial charge on any atom is -0.465 e. The van der Waals surface area contributed by atoms with Crippen LogP contribution < -0.4 is 5.32 Å². The molecule has 1 aromatic rings. The Bertz CT molecular complexity index is 719. The summed E-state index contributed by atoms with van der Waals surface area (Å²) in [5.74, 6) is -0.955. The molecule has 7 nitrogen and oxygen atoms in total. The van der Waals surface area contributed by atoms with Crippen molar-refractivity contribution in [3.63, 3.8) is 0 Å². The highest BCUT2D eigenvalue weighted by molar-refractivity contribution is 7.18. The van der Waals surface area contributed by atoms with Crippen LogP contribution in [0.1, 0.15) is 58.7 Å². The van der Waals surface area contributed by atoms with Gasteiger partial charge in [0.2, 0.25) is 5.91 Å². The van der Waals surface area contributed by atoms with E-state index in [1.165, 1.54) is 18.4 Å². The van der Waals surface area contributed by atoms with E-state index in [9.17, 15) is 14.4 Å². The fourth-order valence-electron chi connectivity index (χ4n) is 3.47. The van der Waals surface area contributed by atoms with Crippen molar-refractivity contribution in [2.24, 2.45) is 0 Å². The molecule has 0 spiro atoms. The lowest BCUT2D eigenvalue weighted by molar-refractivity contribution is -0.118. The van der Waals surface area contributed by atoms with Crippen LogP contribution in [0.4, 0.5) is 5.00 Å². The highest BCUT2D eigenvalue weighted by Crippen LogP contribution is 2.34. The molecule has 2 unspecified atom stereocenters. The van der Waals surface area contributed by atoms with Crippen LogP contribution in [-0.2, 0) is 9.53 Å². The molecule has 27 heavy (non-hydrogen) atoms. The summed E-state index contributed by atoms with van der Waals surface area (Å²) < 4.78 is 4.86. The van der Waals surface area contributed by atoms with E-state index in [-0.39, 0.29) is 23.9 Å². The number of hydrogen-bond donors (Lipinski definition) is 1. The Morgan fingerprint density at radius 3 is 2.33 bits per heavy atom. The van der Waals surface area contributed by atoms with Gasteiger partial charge in [0.15, 0.2) is 0 Å². The quantitative estimate of drug-likeness (QED) is 0.776. The average molecular weight is 396 g/mol. The number of likely N-dealkylation sites (tertiary alicyclic amines) is 1. The molecule has 1 aromatic heterocycles. The topological polar surface area (TPSA) is 79.0 Å². The van der Waals surface area contributed by atoms with E-state index in [1.807, 2.05) is 0 Å². The number of anilines is 1. The molecule has 1 aliphatic heterocycles. The van der Waals surface area contributed by atoms with Gasteiger partial charge in [-0.1, -0.05) is 6.42 Å². The van der Waals surface area contributed by atoms with Gasteiger partial charge in [0.05, 0.1) is 24.1 Å². The highest BCUT2D eigenvalue weighted by Gasteiger charge is 2.29. The Morgan fingerprint density at radius 2 is 1.81 bits per heavy atom. The maximum Gasteiger partial charge on any atom is 0.341 e. The van der Waals surface area contributed by atoms with Gasteiger partial charge >= 0.3 is 5.97 Å². The van der Waals surface area contributed by atoms with Gasteiger partial charge in [0.25, 0.3) is 5.91 Å². The van der Waals surface area contributed by atoms with Crippen molar-refractivity contribution in [3.8, 4) is 0 Å². The number of carbonyl (C=O) groups excluding carboxylic acids is 3. The zero-order chi connectivity index (χ0) is 20.3. The normalized spacial score (nSPS) is 20.2. The summed E-state index contributed by atoms with van der Waals surface area (Å²) >= 11 is 1.12. The maximum absolute atomic E-state index is 12.7. The summed E-state index contributed by atoms with van der Waals surface area (Å²) in [4.78, 5) is 41.4. The van der Waals surface area contributed by atoms with Crippen molar-refractivity contribution < 1.29 is 19.1 Å². The van der Waals surface area contributed by atoms with Crippen LogP contribution in [-0.4, -0.2) is 67.4 Å². The van der Waals surface area contributed by atoms with Crippen LogP contribution in [0.15, 0.2) is 0 Å². The minimum atomic E-state index is -0.559. The highest BCUT2D eigenvalue weighted by atomic mass is 32.1. The fraction of sp³-hybridized carbons (Fsp3) is 0.632. The maximum atomic E-state index is 12.7. The number of nitrogens with zero attached hydrogens (tertiary/aromatic N) is 2. The number of piperidine rings is 1. The molecule has 150 valence electrons. The predicted octanol–water partition coefficient (Wildman–Crippen LogP) is 2.75. The van der Waals surface area contributed by atoms with E-state index >= 15 is 0 Å². The number of thiophene rings is 1. The number of methoxy groups -OCH3 is 1. The number of ether oxygens (including phenoxy) is 1. The number of carbonyl (C=O) groups is 3. The molecular weight excluding hydrogens is 366 g/mol. The number of rotatable bonds is 5. The van der Waals surface area contributed by atoms with Gasteiger partial charge in [-0.2, -0.15) is 0 Å². The number of hydrogen-bond acceptors (Lipinski definition) is 6. The Hall–Kier alpha value is -1.93. The Labute approximate surface area is 164 Å². The first-order chi connectivity index (χ1) is 12.7. The van der Waals surface area contributed by atoms with Crippen molar-refractivity contribution in [1.29, 1.82) is 0 Å². The molecule has 2 amide bonds. The zero-order valence-electron chi connectivity index (χ0n) is 16.9. The van der Waals surface area contributed by atoms with Crippen LogP contribution >= 0.6 is 11.3 Å². The molecule has 1 N–H and O–H groups in total. The third kappa shape index (κ3) is 4.68. The van der Waals surface area contributed by atoms with Crippen LogP contribution in [0.2, 0.25) is 0 Å². The number of nitrogens with one attached hydrogen (secondary N) is 1. The third-order valence-corrected chi connectivity index (χ3v) is 6.29. The Morgan fingerprint density at radius 1 is 1.22 bits per heavy atom. The fourth-order valence-corrected chi connectivity index (χ4v) is 4.71. The zero-order valence-corrected chi connectivity index (χ0v) is 17.7. The second-order valence-electron chi connectivity index (χ2n) is 7.30. The average Bonchev–Trinajstić information content (AvgIpc) is 2.92. The van der Waals surface area contributed by atoms with E-state index in [4.69, 9.17) is 4.74 Å². The van der Waals surface area contributed by atoms with Crippen molar-refractivity contribution in [3.05, 3.63) is 16.0 Å². The minimum absolute atomic E-state index is 0.189. The van der Waals surface area contributed by atoms with E-state index in [1.54, 1.807) is 21.0 Å². The van der Waals surface area contributed by atoms with Gasteiger partial charge < -0.3 is 15.0 Å². The van der Waals surface area contributed by atoms with Gasteiger partial charge in [-0.3, -0.25) is 14.5 Å². The van der Waals surface area contributed by atoms with Crippen LogP contribution in [0.5, 0.6) is 0 Å². The molecule has 2 rings (SSSR count). The SMILES string of the molecule is COC(=O)c1c(NC(=O)CN2C(C)CCCC2C)sc(C(=O)N(C)C)c1C. The van der Waals surface area contributed by atoms with Crippen molar-refractivity contribution in [1.82, 2.24) is 9.80 Å². The summed E-state index contributed by atoms with van der Waals surface area (Å²) in [5.41, 5.74) is 0.779. The standard InChI is InChI=1S/C19H29N3O4S/c1-11-8-7-9-12(2)22(11)10-14(23)20-17-15(19(25)26-6)13(3)16(27-17)18(24)21(4)5/h11-12H,7-10H2,1-6H3,(H,20,23). The second kappa shape index (κ2) is 8.84. The first kappa shape index (κ1) is 21.4. The summed E-state index contributed by atoms with van der Waals surface area (Å²) in [6.45, 7) is 6.22. The Kier molecular flexibility index (Phi) is 7.00. The Balaban J connectivity index is 2.26. The predicted molar refractivity (Wildman–Crippen MR) is 107 cm³/mol. The van der Waals surface area contributed by atoms with Crippen LogP contribution in [0.3, 0.4) is 0 Å². The van der Waals surface area contributed by atoms with E-state index in [0.717, 1.165) is 24.2 Å². The lowest BCUT2D eigenvalue weighted by Gasteiger charge is -2.38. The molecular formula is C19H29N3O4S. The molecule has 2 heterocycles. The molecule has 1 fully saturated rings. The monoisotopic (exact) mass is 395 g/mol. The van der Waals surface area contributed by atoms with Crippen molar-refractivity contribution in [2.45, 2.75) is 52.1 Å². The van der Waals surface area contributed by atoms with Gasteiger partial charge in [-0.15, -0.1) is 11.3 Å².